The molecule has 1 aliphatic rings. The number of nitrogens with two attached hydrogens (primary N) is 1. The van der Waals surface area contributed by atoms with Crippen LogP contribution in [0.15, 0.2) is 119 Å². The van der Waals surface area contributed by atoms with Crippen molar-refractivity contribution in [2.75, 3.05) is 20.1 Å². The summed E-state index contributed by atoms with van der Waals surface area (Å²) in [5.74, 6) is -1.66. The van der Waals surface area contributed by atoms with Gasteiger partial charge in [0, 0.05) is 26.6 Å². The highest BCUT2D eigenvalue weighted by Gasteiger charge is 2.41. The van der Waals surface area contributed by atoms with Crippen molar-refractivity contribution in [1.29, 1.82) is 0 Å². The molecule has 4 N–H and O–H groups in total. The number of amides is 3. The second-order valence-electron chi connectivity index (χ2n) is 14.3. The molecular weight excluding hydrogens is 791 g/mol. The lowest BCUT2D eigenvalue weighted by molar-refractivity contribution is -0.142. The molecule has 6 rings (SSSR count). The van der Waals surface area contributed by atoms with Crippen LogP contribution in [0.25, 0.3) is 10.2 Å². The van der Waals surface area contributed by atoms with Crippen LogP contribution < -0.4 is 15.8 Å². The number of carbonyl (C=O) groups is 4. The van der Waals surface area contributed by atoms with E-state index in [1.54, 1.807) is 18.2 Å². The number of ketones is 1. The van der Waals surface area contributed by atoms with Gasteiger partial charge in [0.2, 0.25) is 23.6 Å². The van der Waals surface area contributed by atoms with E-state index in [0.717, 1.165) is 21.4 Å². The molecule has 1 aromatic heterocycles. The molecule has 0 radical (unpaired) electrons. The number of benzene rings is 4. The van der Waals surface area contributed by atoms with Crippen molar-refractivity contribution in [3.05, 3.63) is 131 Å². The van der Waals surface area contributed by atoms with Crippen LogP contribution in [-0.2, 0) is 37.4 Å². The largest absolute Gasteiger partial charge is 0.445 e. The Morgan fingerprint density at radius 3 is 2.31 bits per heavy atom. The van der Waals surface area contributed by atoms with E-state index < -0.39 is 51.8 Å². The van der Waals surface area contributed by atoms with Crippen molar-refractivity contribution < 1.29 is 32.3 Å². The monoisotopic (exact) mass is 837 g/mol. The van der Waals surface area contributed by atoms with Crippen LogP contribution in [0, 0.1) is 6.92 Å². The summed E-state index contributed by atoms with van der Waals surface area (Å²) in [5.41, 5.74) is 9.11. The number of Topliss-reactive ketones (excluding diaryl/α,β-unsaturated/α-hetero) is 1. The molecule has 1 saturated heterocycles. The normalized spacial score (nSPS) is 15.3. The third-order valence-electron chi connectivity index (χ3n) is 10.00. The number of hydrogen-bond donors (Lipinski definition) is 3. The van der Waals surface area contributed by atoms with Crippen molar-refractivity contribution in [2.45, 2.75) is 68.7 Å². The number of fused-ring (bicyclic) bond motifs is 1. The number of ether oxygens (including phenoxy) is 1. The van der Waals surface area contributed by atoms with Gasteiger partial charge in [-0.15, -0.1) is 11.3 Å². The van der Waals surface area contributed by atoms with Crippen molar-refractivity contribution in [1.82, 2.24) is 24.8 Å². The summed E-state index contributed by atoms with van der Waals surface area (Å²) < 4.78 is 34.3. The van der Waals surface area contributed by atoms with E-state index in [-0.39, 0.29) is 54.8 Å². The summed E-state index contributed by atoms with van der Waals surface area (Å²) in [7, 11) is -2.45. The van der Waals surface area contributed by atoms with Gasteiger partial charge in [0.1, 0.15) is 18.7 Å². The lowest BCUT2D eigenvalue weighted by Gasteiger charge is -2.33. The Morgan fingerprint density at radius 2 is 1.61 bits per heavy atom. The molecule has 3 atom stereocenters. The Kier molecular flexibility index (Phi) is 14.1. The Labute approximate surface area is 347 Å². The zero-order valence-corrected chi connectivity index (χ0v) is 34.5. The van der Waals surface area contributed by atoms with E-state index in [0.29, 0.717) is 18.4 Å². The maximum absolute atomic E-state index is 14.5. The molecule has 1 aliphatic heterocycles. The third-order valence-corrected chi connectivity index (χ3v) is 12.4. The van der Waals surface area contributed by atoms with Gasteiger partial charge in [0.15, 0.2) is 5.01 Å². The molecule has 59 heavy (non-hydrogen) atoms. The predicted octanol–water partition coefficient (Wildman–Crippen LogP) is 5.22. The number of likely N-dealkylation sites (tertiary alicyclic amines) is 1. The second-order valence-corrected chi connectivity index (χ2v) is 17.0. The van der Waals surface area contributed by atoms with E-state index in [9.17, 15) is 27.6 Å². The van der Waals surface area contributed by atoms with Gasteiger partial charge in [-0.3, -0.25) is 24.3 Å². The molecule has 16 heteroatoms. The summed E-state index contributed by atoms with van der Waals surface area (Å²) in [6.45, 7) is 2.19. The minimum atomic E-state index is -3.96. The van der Waals surface area contributed by atoms with Gasteiger partial charge in [-0.05, 0) is 68.0 Å². The number of carbonyl (C=O) groups excluding carboxylic acids is 4. The van der Waals surface area contributed by atoms with E-state index in [1.165, 1.54) is 40.3 Å². The van der Waals surface area contributed by atoms with E-state index in [4.69, 9.17) is 10.5 Å². The van der Waals surface area contributed by atoms with Crippen molar-refractivity contribution in [2.24, 2.45) is 10.7 Å². The summed E-state index contributed by atoms with van der Waals surface area (Å²) in [6, 6.07) is 29.2. The van der Waals surface area contributed by atoms with Crippen LogP contribution in [0.5, 0.6) is 0 Å². The Morgan fingerprint density at radius 1 is 0.949 bits per heavy atom. The molecule has 5 aromatic rings. The van der Waals surface area contributed by atoms with Gasteiger partial charge < -0.3 is 20.7 Å². The summed E-state index contributed by atoms with van der Waals surface area (Å²) in [6.07, 6.45) is 0.752. The first kappa shape index (κ1) is 42.5. The first-order valence-corrected chi connectivity index (χ1v) is 21.6. The standard InChI is InChI=1S/C43H47N7O7S2/c1-29-21-23-32(24-22-29)59(55,56)48-42(44)45-25-11-18-34(38(51)40-47-33-17-9-10-20-37(33)58-40)46-39(52)35-19-12-26-50(35)41(53)36(27-30-13-5-3-6-14-30)49(2)43(54)57-28-31-15-7-4-8-16-31/h3-10,13-17,20-24,34-36H,11-12,18-19,25-28H2,1-2H3,(H,46,52)(H3,44,45,48)/t34-,35-,36+/m0/s1. The highest BCUT2D eigenvalue weighted by molar-refractivity contribution is 7.90. The minimum absolute atomic E-state index is 0.0238. The Balaban J connectivity index is 1.17. The molecule has 0 bridgehead atoms. The number of rotatable bonds is 16. The van der Waals surface area contributed by atoms with Gasteiger partial charge in [-0.1, -0.05) is 90.5 Å². The highest BCUT2D eigenvalue weighted by Crippen LogP contribution is 2.25. The number of para-hydroxylation sites is 1. The van der Waals surface area contributed by atoms with Crippen LogP contribution in [0.3, 0.4) is 0 Å². The number of aliphatic imine (C=N–C) groups is 1. The Hall–Kier alpha value is -6.13. The van der Waals surface area contributed by atoms with Gasteiger partial charge in [-0.2, -0.15) is 0 Å². The van der Waals surface area contributed by atoms with Crippen LogP contribution in [0.4, 0.5) is 4.79 Å². The van der Waals surface area contributed by atoms with Crippen LogP contribution in [-0.4, -0.2) is 91.1 Å². The number of thiazole rings is 1. The molecular formula is C43H47N7O7S2. The number of nitrogens with zero attached hydrogens (tertiary/aromatic N) is 4. The number of aromatic nitrogens is 1. The van der Waals surface area contributed by atoms with Gasteiger partial charge in [0.25, 0.3) is 10.0 Å². The maximum Gasteiger partial charge on any atom is 0.410 e. The molecule has 0 saturated carbocycles. The van der Waals surface area contributed by atoms with Gasteiger partial charge in [0.05, 0.1) is 21.2 Å². The minimum Gasteiger partial charge on any atom is -0.445 e. The molecule has 308 valence electrons. The van der Waals surface area contributed by atoms with Gasteiger partial charge >= 0.3 is 6.09 Å². The SMILES string of the molecule is Cc1ccc(S(=O)(=O)NC(N)=NCCC[C@H](NC(=O)[C@@H]2CCCN2C(=O)[C@@H](Cc2ccccc2)N(C)C(=O)OCc2ccccc2)C(=O)c2nc3ccccc3s2)cc1. The fraction of sp³-hybridized carbons (Fsp3) is 0.302. The number of nitrogens with one attached hydrogen (secondary N) is 2. The maximum atomic E-state index is 14.5. The fourth-order valence-electron chi connectivity index (χ4n) is 6.77. The zero-order chi connectivity index (χ0) is 41.9. The average Bonchev–Trinajstić information content (AvgIpc) is 3.92. The fourth-order valence-corrected chi connectivity index (χ4v) is 8.69. The molecule has 1 fully saturated rings. The first-order chi connectivity index (χ1) is 28.4. The molecule has 2 heterocycles. The quantitative estimate of drug-likeness (QED) is 0.0518. The van der Waals surface area contributed by atoms with Crippen molar-refractivity contribution >= 4 is 61.2 Å². The van der Waals surface area contributed by atoms with Crippen LogP contribution >= 0.6 is 11.3 Å². The van der Waals surface area contributed by atoms with E-state index >= 15 is 0 Å². The molecule has 3 amide bonds. The van der Waals surface area contributed by atoms with Crippen LogP contribution in [0.1, 0.15) is 52.2 Å². The second kappa shape index (κ2) is 19.5. The number of likely N-dealkylation sites (N-methyl/N-ethyl adjacent to an activating group) is 1. The molecule has 0 unspecified atom stereocenters. The molecule has 4 aromatic carbocycles. The number of sulfonamides is 1. The Bertz CT molecular complexity index is 2360. The number of guanidine groups is 1. The highest BCUT2D eigenvalue weighted by atomic mass is 32.2. The lowest BCUT2D eigenvalue weighted by atomic mass is 10.0. The van der Waals surface area contributed by atoms with E-state index in [2.05, 4.69) is 20.0 Å². The average molecular weight is 838 g/mol. The third kappa shape index (κ3) is 11.1. The first-order valence-electron chi connectivity index (χ1n) is 19.3. The smallest absolute Gasteiger partial charge is 0.410 e. The van der Waals surface area contributed by atoms with Crippen molar-refractivity contribution in [3.63, 3.8) is 0 Å². The summed E-state index contributed by atoms with van der Waals surface area (Å²) in [5, 5.41) is 3.12. The topological polar surface area (TPSA) is 193 Å². The number of hydrogen-bond acceptors (Lipinski definition) is 10. The zero-order valence-electron chi connectivity index (χ0n) is 32.8. The summed E-state index contributed by atoms with van der Waals surface area (Å²) >= 11 is 1.21. The summed E-state index contributed by atoms with van der Waals surface area (Å²) in [4.78, 5) is 67.5. The number of aryl methyl sites for hydroxylation is 1. The molecule has 0 aliphatic carbocycles. The van der Waals surface area contributed by atoms with Crippen molar-refractivity contribution in [3.8, 4) is 0 Å². The molecule has 14 nitrogen and oxygen atoms in total. The van der Waals surface area contributed by atoms with Gasteiger partial charge in [-0.25, -0.2) is 22.9 Å². The van der Waals surface area contributed by atoms with E-state index in [1.807, 2.05) is 85.8 Å². The lowest BCUT2D eigenvalue weighted by Crippen LogP contribution is -2.56. The molecule has 0 spiro atoms. The predicted molar refractivity (Wildman–Crippen MR) is 226 cm³/mol. The van der Waals surface area contributed by atoms with Crippen LogP contribution in [0.2, 0.25) is 0 Å².